The van der Waals surface area contributed by atoms with Crippen molar-refractivity contribution in [3.63, 3.8) is 0 Å². The van der Waals surface area contributed by atoms with Gasteiger partial charge in [0.25, 0.3) is 5.91 Å². The lowest BCUT2D eigenvalue weighted by atomic mass is 10.1. The molecule has 0 radical (unpaired) electrons. The summed E-state index contributed by atoms with van der Waals surface area (Å²) < 4.78 is 0. The van der Waals surface area contributed by atoms with E-state index in [1.165, 1.54) is 0 Å². The van der Waals surface area contributed by atoms with E-state index >= 15 is 0 Å². The number of fused-ring (bicyclic) bond motifs is 1. The molecule has 1 heterocycles. The zero-order valence-electron chi connectivity index (χ0n) is 12.5. The smallest absolute Gasteiger partial charge is 0.273 e. The number of aromatic nitrogens is 1. The predicted octanol–water partition coefficient (Wildman–Crippen LogP) is 2.86. The molecule has 1 aromatic carbocycles. The van der Waals surface area contributed by atoms with E-state index in [1.807, 2.05) is 30.3 Å². The number of unbranched alkanes of at least 4 members (excludes halogenated alkanes) is 2. The zero-order valence-corrected chi connectivity index (χ0v) is 12.5. The van der Waals surface area contributed by atoms with Crippen molar-refractivity contribution in [3.05, 3.63) is 42.2 Å². The summed E-state index contributed by atoms with van der Waals surface area (Å²) in [6.45, 7) is 3.12. The maximum atomic E-state index is 12.7. The summed E-state index contributed by atoms with van der Waals surface area (Å²) >= 11 is 0. The third-order valence-electron chi connectivity index (χ3n) is 3.56. The van der Waals surface area contributed by atoms with E-state index < -0.39 is 0 Å². The van der Waals surface area contributed by atoms with Gasteiger partial charge in [-0.25, -0.2) is 0 Å². The van der Waals surface area contributed by atoms with Gasteiger partial charge in [0.15, 0.2) is 0 Å². The van der Waals surface area contributed by atoms with Crippen LogP contribution in [0.15, 0.2) is 36.5 Å². The van der Waals surface area contributed by atoms with Gasteiger partial charge in [-0.05, 0) is 17.9 Å². The van der Waals surface area contributed by atoms with Gasteiger partial charge in [-0.3, -0.25) is 9.78 Å². The summed E-state index contributed by atoms with van der Waals surface area (Å²) in [4.78, 5) is 18.7. The largest absolute Gasteiger partial charge is 0.395 e. The average molecular weight is 286 g/mol. The summed E-state index contributed by atoms with van der Waals surface area (Å²) in [5.41, 5.74) is 0.470. The number of amides is 1. The molecule has 0 aliphatic rings. The van der Waals surface area contributed by atoms with Gasteiger partial charge < -0.3 is 10.0 Å². The number of hydrogen-bond donors (Lipinski definition) is 1. The second-order valence-electron chi connectivity index (χ2n) is 5.10. The van der Waals surface area contributed by atoms with Crippen LogP contribution in [0.25, 0.3) is 10.8 Å². The van der Waals surface area contributed by atoms with E-state index in [-0.39, 0.29) is 12.5 Å². The Labute approximate surface area is 125 Å². The van der Waals surface area contributed by atoms with Crippen molar-refractivity contribution in [1.29, 1.82) is 0 Å². The molecule has 0 aliphatic carbocycles. The number of benzene rings is 1. The molecule has 0 atom stereocenters. The Morgan fingerprint density at radius 3 is 2.76 bits per heavy atom. The van der Waals surface area contributed by atoms with Gasteiger partial charge in [-0.2, -0.15) is 0 Å². The van der Waals surface area contributed by atoms with E-state index in [0.717, 1.165) is 30.0 Å². The maximum absolute atomic E-state index is 12.7. The van der Waals surface area contributed by atoms with Crippen LogP contribution in [0.2, 0.25) is 0 Å². The molecule has 112 valence electrons. The lowest BCUT2D eigenvalue weighted by Gasteiger charge is -2.21. The molecule has 0 bridgehead atoms. The van der Waals surface area contributed by atoms with E-state index in [2.05, 4.69) is 11.9 Å². The minimum absolute atomic E-state index is 0.0252. The van der Waals surface area contributed by atoms with Gasteiger partial charge in [0.1, 0.15) is 5.69 Å². The second-order valence-corrected chi connectivity index (χ2v) is 5.10. The van der Waals surface area contributed by atoms with E-state index in [1.54, 1.807) is 11.1 Å². The van der Waals surface area contributed by atoms with Crippen molar-refractivity contribution >= 4 is 16.7 Å². The highest BCUT2D eigenvalue weighted by atomic mass is 16.3. The van der Waals surface area contributed by atoms with Gasteiger partial charge in [0.2, 0.25) is 0 Å². The first kappa shape index (κ1) is 15.4. The molecule has 2 aromatic rings. The maximum Gasteiger partial charge on any atom is 0.273 e. The van der Waals surface area contributed by atoms with Gasteiger partial charge in [-0.15, -0.1) is 0 Å². The number of aliphatic hydroxyl groups is 1. The van der Waals surface area contributed by atoms with Crippen molar-refractivity contribution in [2.24, 2.45) is 0 Å². The highest BCUT2D eigenvalue weighted by molar-refractivity contribution is 6.05. The number of pyridine rings is 1. The molecule has 0 aliphatic heterocycles. The summed E-state index contributed by atoms with van der Waals surface area (Å²) in [5.74, 6) is -0.100. The fourth-order valence-corrected chi connectivity index (χ4v) is 2.43. The molecule has 1 amide bonds. The van der Waals surface area contributed by atoms with Crippen LogP contribution in [-0.2, 0) is 0 Å². The summed E-state index contributed by atoms with van der Waals surface area (Å²) in [6.07, 6.45) is 4.80. The van der Waals surface area contributed by atoms with Crippen molar-refractivity contribution in [3.8, 4) is 0 Å². The Hall–Kier alpha value is -1.94. The number of rotatable bonds is 7. The molecule has 4 heteroatoms. The molecule has 0 saturated carbocycles. The Bertz CT molecular complexity index is 593. The van der Waals surface area contributed by atoms with E-state index in [9.17, 15) is 9.90 Å². The van der Waals surface area contributed by atoms with Crippen LogP contribution < -0.4 is 0 Å². The van der Waals surface area contributed by atoms with Crippen LogP contribution in [0.1, 0.15) is 36.7 Å². The van der Waals surface area contributed by atoms with Crippen LogP contribution in [0.3, 0.4) is 0 Å². The zero-order chi connectivity index (χ0) is 15.1. The summed E-state index contributed by atoms with van der Waals surface area (Å²) in [6, 6.07) is 9.65. The Balaban J connectivity index is 2.25. The minimum atomic E-state index is -0.100. The molecule has 1 N–H and O–H groups in total. The predicted molar refractivity (Wildman–Crippen MR) is 84.3 cm³/mol. The lowest BCUT2D eigenvalue weighted by molar-refractivity contribution is 0.0715. The standard InChI is InChI=1S/C17H22N2O2/c1-2-3-6-11-19(12-13-20)17(21)16-15-8-5-4-7-14(15)9-10-18-16/h4-5,7-10,20H,2-3,6,11-13H2,1H3. The normalized spacial score (nSPS) is 10.8. The molecular formula is C17H22N2O2. The Morgan fingerprint density at radius 1 is 1.19 bits per heavy atom. The quantitative estimate of drug-likeness (QED) is 0.796. The number of aliphatic hydroxyl groups excluding tert-OH is 1. The summed E-state index contributed by atoms with van der Waals surface area (Å²) in [7, 11) is 0. The molecule has 2 rings (SSSR count). The number of carbonyl (C=O) groups excluding carboxylic acids is 1. The van der Waals surface area contributed by atoms with E-state index in [4.69, 9.17) is 0 Å². The topological polar surface area (TPSA) is 53.4 Å². The van der Waals surface area contributed by atoms with Crippen LogP contribution >= 0.6 is 0 Å². The average Bonchev–Trinajstić information content (AvgIpc) is 2.53. The van der Waals surface area contributed by atoms with Crippen molar-refractivity contribution in [2.75, 3.05) is 19.7 Å². The van der Waals surface area contributed by atoms with Crippen molar-refractivity contribution in [2.45, 2.75) is 26.2 Å². The molecule has 1 aromatic heterocycles. The van der Waals surface area contributed by atoms with Crippen molar-refractivity contribution < 1.29 is 9.90 Å². The van der Waals surface area contributed by atoms with Crippen LogP contribution in [0, 0.1) is 0 Å². The van der Waals surface area contributed by atoms with Crippen molar-refractivity contribution in [1.82, 2.24) is 9.88 Å². The Kier molecular flexibility index (Phi) is 5.69. The molecule has 0 unspecified atom stereocenters. The van der Waals surface area contributed by atoms with Gasteiger partial charge in [-0.1, -0.05) is 44.0 Å². The number of nitrogens with zero attached hydrogens (tertiary/aromatic N) is 2. The first-order valence-electron chi connectivity index (χ1n) is 7.51. The summed E-state index contributed by atoms with van der Waals surface area (Å²) in [5, 5.41) is 11.1. The molecular weight excluding hydrogens is 264 g/mol. The highest BCUT2D eigenvalue weighted by Crippen LogP contribution is 2.18. The highest BCUT2D eigenvalue weighted by Gasteiger charge is 2.18. The molecule has 0 fully saturated rings. The third kappa shape index (κ3) is 3.79. The first-order chi connectivity index (χ1) is 10.3. The molecule has 0 spiro atoms. The Morgan fingerprint density at radius 2 is 2.00 bits per heavy atom. The van der Waals surface area contributed by atoms with Gasteiger partial charge in [0, 0.05) is 24.7 Å². The van der Waals surface area contributed by atoms with Crippen LogP contribution in [-0.4, -0.2) is 40.6 Å². The second kappa shape index (κ2) is 7.74. The molecule has 4 nitrogen and oxygen atoms in total. The van der Waals surface area contributed by atoms with Gasteiger partial charge in [0.05, 0.1) is 6.61 Å². The van der Waals surface area contributed by atoms with Crippen LogP contribution in [0.4, 0.5) is 0 Å². The molecule has 21 heavy (non-hydrogen) atoms. The fraction of sp³-hybridized carbons (Fsp3) is 0.412. The minimum Gasteiger partial charge on any atom is -0.395 e. The number of carbonyl (C=O) groups is 1. The fourth-order valence-electron chi connectivity index (χ4n) is 2.43. The molecule has 0 saturated heterocycles. The first-order valence-corrected chi connectivity index (χ1v) is 7.51. The third-order valence-corrected chi connectivity index (χ3v) is 3.56. The number of hydrogen-bond acceptors (Lipinski definition) is 3. The lowest BCUT2D eigenvalue weighted by Crippen LogP contribution is -2.35. The van der Waals surface area contributed by atoms with Crippen LogP contribution in [0.5, 0.6) is 0 Å². The van der Waals surface area contributed by atoms with Gasteiger partial charge >= 0.3 is 0 Å². The monoisotopic (exact) mass is 286 g/mol. The SMILES string of the molecule is CCCCCN(CCO)C(=O)c1nccc2ccccc12. The van der Waals surface area contributed by atoms with E-state index in [0.29, 0.717) is 18.8 Å².